The van der Waals surface area contributed by atoms with Gasteiger partial charge >= 0.3 is 6.18 Å². The number of benzene rings is 9. The van der Waals surface area contributed by atoms with Crippen LogP contribution in [0.5, 0.6) is 0 Å². The quantitative estimate of drug-likeness (QED) is 0.142. The minimum atomic E-state index is -4.64. The summed E-state index contributed by atoms with van der Waals surface area (Å²) in [5.41, 5.74) is 9.56. The van der Waals surface area contributed by atoms with Crippen molar-refractivity contribution in [2.24, 2.45) is 0 Å². The Hall–Kier alpha value is -10.5. The van der Waals surface area contributed by atoms with E-state index in [1.807, 2.05) is 205 Å². The van der Waals surface area contributed by atoms with E-state index < -0.39 is 11.7 Å². The molecule has 14 rings (SSSR count). The van der Waals surface area contributed by atoms with E-state index in [1.165, 1.54) is 6.07 Å². The summed E-state index contributed by atoms with van der Waals surface area (Å²) < 4.78 is 49.3. The van der Waals surface area contributed by atoms with Gasteiger partial charge < -0.3 is 9.13 Å². The van der Waals surface area contributed by atoms with Gasteiger partial charge in [-0.1, -0.05) is 164 Å². The van der Waals surface area contributed by atoms with E-state index in [2.05, 4.69) is 21.7 Å². The van der Waals surface area contributed by atoms with Gasteiger partial charge in [-0.3, -0.25) is 4.98 Å². The van der Waals surface area contributed by atoms with Crippen molar-refractivity contribution in [1.82, 2.24) is 44.0 Å². The molecule has 0 aliphatic heterocycles. The molecule has 0 aliphatic carbocycles. The third-order valence-corrected chi connectivity index (χ3v) is 14.2. The average Bonchev–Trinajstić information content (AvgIpc) is 4.04. The topological polar surface area (TPSA) is 100 Å². The first kappa shape index (κ1) is 46.1. The number of hydrogen-bond acceptors (Lipinski definition) is 7. The fourth-order valence-corrected chi connectivity index (χ4v) is 10.5. The second-order valence-electron chi connectivity index (χ2n) is 18.9. The smallest absolute Gasteiger partial charge is 0.309 e. The summed E-state index contributed by atoms with van der Waals surface area (Å²) in [5.74, 6) is 3.11. The normalized spacial score (nSPS) is 11.8. The highest BCUT2D eigenvalue weighted by Crippen LogP contribution is 2.44. The minimum absolute atomic E-state index is 0.343. The first-order valence-electron chi connectivity index (χ1n) is 25.3. The van der Waals surface area contributed by atoms with Gasteiger partial charge in [-0.05, 0) is 66.7 Å². The van der Waals surface area contributed by atoms with Crippen molar-refractivity contribution in [2.75, 3.05) is 0 Å². The maximum atomic E-state index is 15.1. The Morgan fingerprint density at radius 1 is 0.295 bits per heavy atom. The molecule has 9 nitrogen and oxygen atoms in total. The molecule has 0 bridgehead atoms. The zero-order valence-electron chi connectivity index (χ0n) is 41.3. The van der Waals surface area contributed by atoms with Crippen LogP contribution in [-0.4, -0.2) is 44.0 Å². The molecule has 5 aromatic heterocycles. The largest absolute Gasteiger partial charge is 0.416 e. The second kappa shape index (κ2) is 18.7. The van der Waals surface area contributed by atoms with Crippen LogP contribution in [0.25, 0.3) is 134 Å². The van der Waals surface area contributed by atoms with E-state index in [1.54, 1.807) is 18.5 Å². The van der Waals surface area contributed by atoms with Gasteiger partial charge in [0.2, 0.25) is 0 Å². The molecule has 0 saturated carbocycles. The first-order chi connectivity index (χ1) is 38.3. The highest BCUT2D eigenvalue weighted by Gasteiger charge is 2.32. The van der Waals surface area contributed by atoms with Gasteiger partial charge in [0.15, 0.2) is 34.9 Å². The van der Waals surface area contributed by atoms with Crippen LogP contribution in [0.2, 0.25) is 0 Å². The Balaban J connectivity index is 0.947. The summed E-state index contributed by atoms with van der Waals surface area (Å²) in [4.78, 5) is 34.5. The molecule has 0 fully saturated rings. The van der Waals surface area contributed by atoms with Crippen LogP contribution in [0.3, 0.4) is 0 Å². The lowest BCUT2D eigenvalue weighted by Gasteiger charge is -2.20. The fourth-order valence-electron chi connectivity index (χ4n) is 10.5. The van der Waals surface area contributed by atoms with Crippen LogP contribution >= 0.6 is 0 Å². The number of pyridine rings is 1. The van der Waals surface area contributed by atoms with Crippen molar-refractivity contribution in [3.8, 4) is 90.8 Å². The molecule has 0 saturated heterocycles. The monoisotopic (exact) mass is 1020 g/mol. The molecule has 9 aromatic carbocycles. The van der Waals surface area contributed by atoms with E-state index in [9.17, 15) is 0 Å². The van der Waals surface area contributed by atoms with Crippen molar-refractivity contribution in [1.29, 1.82) is 0 Å². The number of hydrogen-bond donors (Lipinski definition) is 0. The van der Waals surface area contributed by atoms with Crippen molar-refractivity contribution < 1.29 is 13.2 Å². The van der Waals surface area contributed by atoms with Gasteiger partial charge in [0.1, 0.15) is 0 Å². The zero-order valence-corrected chi connectivity index (χ0v) is 41.3. The van der Waals surface area contributed by atoms with Gasteiger partial charge in [-0.25, -0.2) is 29.9 Å². The third kappa shape index (κ3) is 8.10. The number of rotatable bonds is 9. The number of fused-ring (bicyclic) bond motifs is 6. The zero-order chi connectivity index (χ0) is 52.3. The summed E-state index contributed by atoms with van der Waals surface area (Å²) in [6, 6.07) is 73.0. The predicted molar refractivity (Wildman–Crippen MR) is 303 cm³/mol. The molecule has 0 amide bonds. The SMILES string of the molecule is FC(F)(F)c1ccc(-c2ccncc2-n2c3ccccc3c3cc(-c4nc(-c5ccccc5)nc(-c5ccccc5)n4)ccc32)c(-n2c3ccccc3c3cc(-c4nc(-c5ccccc5)nc(-c5ccccc5)n4)ccc32)c1. The van der Waals surface area contributed by atoms with E-state index >= 15 is 13.2 Å². The van der Waals surface area contributed by atoms with E-state index in [4.69, 9.17) is 29.9 Å². The van der Waals surface area contributed by atoms with Crippen LogP contribution in [0.1, 0.15) is 5.56 Å². The van der Waals surface area contributed by atoms with Gasteiger partial charge in [0.05, 0.1) is 45.2 Å². The third-order valence-electron chi connectivity index (χ3n) is 14.2. The Labute approximate surface area is 444 Å². The summed E-state index contributed by atoms with van der Waals surface area (Å²) in [6.07, 6.45) is -1.18. The maximum Gasteiger partial charge on any atom is 0.416 e. The van der Waals surface area contributed by atoms with Gasteiger partial charge in [-0.2, -0.15) is 13.2 Å². The maximum absolute atomic E-state index is 15.1. The molecule has 0 spiro atoms. The molecule has 370 valence electrons. The van der Waals surface area contributed by atoms with Crippen LogP contribution in [0.4, 0.5) is 13.2 Å². The number of alkyl halides is 3. The van der Waals surface area contributed by atoms with Crippen LogP contribution < -0.4 is 0 Å². The van der Waals surface area contributed by atoms with E-state index in [-0.39, 0.29) is 0 Å². The highest BCUT2D eigenvalue weighted by atomic mass is 19.4. The van der Waals surface area contributed by atoms with Gasteiger partial charge in [0, 0.05) is 72.2 Å². The Morgan fingerprint density at radius 3 is 1.08 bits per heavy atom. The lowest BCUT2D eigenvalue weighted by molar-refractivity contribution is -0.137. The van der Waals surface area contributed by atoms with Crippen LogP contribution in [-0.2, 0) is 6.18 Å². The molecular weight excluding hydrogens is 976 g/mol. The summed E-state index contributed by atoms with van der Waals surface area (Å²) >= 11 is 0. The lowest BCUT2D eigenvalue weighted by atomic mass is 9.99. The Kier molecular flexibility index (Phi) is 11.1. The van der Waals surface area contributed by atoms with Gasteiger partial charge in [-0.15, -0.1) is 0 Å². The minimum Gasteiger partial charge on any atom is -0.309 e. The van der Waals surface area contributed by atoms with E-state index in [0.29, 0.717) is 63.0 Å². The Bertz CT molecular complexity index is 4480. The lowest BCUT2D eigenvalue weighted by Crippen LogP contribution is -2.08. The molecule has 12 heteroatoms. The summed E-state index contributed by atoms with van der Waals surface area (Å²) in [7, 11) is 0. The highest BCUT2D eigenvalue weighted by molar-refractivity contribution is 6.12. The standard InChI is InChI=1S/C66H40F3N9/c67-66(68,69)47-31-32-50(58(39-47)77-54-27-15-13-25-48(54)52-37-45(29-33-56(52)77)64-73-60(41-17-5-1-6-18-41)71-61(74-64)42-19-7-2-8-20-42)51-35-36-70-40-59(51)78-55-28-16-14-26-49(55)53-38-46(30-34-57(53)78)65-75-62(43-21-9-3-10-22-43)72-63(76-65)44-23-11-4-12-24-44/h1-40H. The molecular formula is C66H40F3N9. The Morgan fingerprint density at radius 2 is 0.654 bits per heavy atom. The van der Waals surface area contributed by atoms with Crippen molar-refractivity contribution in [2.45, 2.75) is 6.18 Å². The number of halogens is 3. The molecule has 0 N–H and O–H groups in total. The van der Waals surface area contributed by atoms with Crippen molar-refractivity contribution in [3.63, 3.8) is 0 Å². The number of nitrogens with zero attached hydrogens (tertiary/aromatic N) is 9. The first-order valence-corrected chi connectivity index (χ1v) is 25.3. The van der Waals surface area contributed by atoms with Crippen molar-refractivity contribution >= 4 is 43.6 Å². The van der Waals surface area contributed by atoms with Gasteiger partial charge in [0.25, 0.3) is 0 Å². The molecule has 14 aromatic rings. The fraction of sp³-hybridized carbons (Fsp3) is 0.0152. The number of para-hydroxylation sites is 2. The molecule has 5 heterocycles. The summed E-state index contributed by atoms with van der Waals surface area (Å²) in [5, 5.41) is 3.54. The van der Waals surface area contributed by atoms with Crippen molar-refractivity contribution in [3.05, 3.63) is 248 Å². The predicted octanol–water partition coefficient (Wildman–Crippen LogP) is 16.3. The second-order valence-corrected chi connectivity index (χ2v) is 18.9. The number of aromatic nitrogens is 9. The van der Waals surface area contributed by atoms with Crippen LogP contribution in [0.15, 0.2) is 243 Å². The molecule has 78 heavy (non-hydrogen) atoms. The summed E-state index contributed by atoms with van der Waals surface area (Å²) in [6.45, 7) is 0. The molecule has 0 aliphatic rings. The van der Waals surface area contributed by atoms with E-state index in [0.717, 1.165) is 77.5 Å². The van der Waals surface area contributed by atoms with Crippen LogP contribution in [0, 0.1) is 0 Å². The molecule has 0 radical (unpaired) electrons. The molecule has 0 unspecified atom stereocenters. The average molecular weight is 1020 g/mol. The molecule has 0 atom stereocenters.